The van der Waals surface area contributed by atoms with E-state index in [2.05, 4.69) is 47.0 Å². The van der Waals surface area contributed by atoms with Gasteiger partial charge in [-0.05, 0) is 53.8 Å². The summed E-state index contributed by atoms with van der Waals surface area (Å²) in [5.41, 5.74) is 9.12. The highest BCUT2D eigenvalue weighted by molar-refractivity contribution is 5.98. The van der Waals surface area contributed by atoms with Crippen LogP contribution in [0.1, 0.15) is 34.3 Å². The van der Waals surface area contributed by atoms with Gasteiger partial charge in [-0.3, -0.25) is 4.79 Å². The van der Waals surface area contributed by atoms with Crippen LogP contribution >= 0.6 is 0 Å². The molecule has 4 nitrogen and oxygen atoms in total. The van der Waals surface area contributed by atoms with Crippen molar-refractivity contribution in [3.8, 4) is 0 Å². The summed E-state index contributed by atoms with van der Waals surface area (Å²) in [5.74, 6) is -0.0191. The van der Waals surface area contributed by atoms with Crippen molar-refractivity contribution in [3.63, 3.8) is 0 Å². The van der Waals surface area contributed by atoms with E-state index in [1.807, 2.05) is 31.2 Å². The quantitative estimate of drug-likeness (QED) is 0.624. The van der Waals surface area contributed by atoms with Crippen molar-refractivity contribution in [1.82, 2.24) is 5.32 Å². The number of aryl methyl sites for hydroxylation is 1. The molecule has 138 valence electrons. The van der Waals surface area contributed by atoms with Gasteiger partial charge in [-0.1, -0.05) is 48.5 Å². The smallest absolute Gasteiger partial charge is 0.252 e. The molecule has 0 atom stereocenters. The van der Waals surface area contributed by atoms with Crippen LogP contribution in [-0.4, -0.2) is 19.0 Å². The molecule has 1 aliphatic carbocycles. The number of hydrogen-bond acceptors (Lipinski definition) is 3. The van der Waals surface area contributed by atoms with Crippen LogP contribution < -0.4 is 16.4 Å². The number of hydrogen-bond donors (Lipinski definition) is 3. The third-order valence-electron chi connectivity index (χ3n) is 5.36. The molecular formula is C23H25N3O. The first-order chi connectivity index (χ1) is 13.1. The Morgan fingerprint density at radius 1 is 1.07 bits per heavy atom. The molecule has 0 spiro atoms. The molecule has 4 rings (SSSR count). The summed E-state index contributed by atoms with van der Waals surface area (Å²) in [5, 5.41) is 8.99. The summed E-state index contributed by atoms with van der Waals surface area (Å²) in [6.07, 6.45) is 1.94. The first kappa shape index (κ1) is 17.6. The molecule has 4 heteroatoms. The zero-order chi connectivity index (χ0) is 18.9. The topological polar surface area (TPSA) is 67.1 Å². The first-order valence-electron chi connectivity index (χ1n) is 9.48. The second-order valence-corrected chi connectivity index (χ2v) is 7.31. The Hall–Kier alpha value is -2.85. The van der Waals surface area contributed by atoms with Crippen LogP contribution in [0.5, 0.6) is 0 Å². The summed E-state index contributed by atoms with van der Waals surface area (Å²) in [6, 6.07) is 20.6. The second kappa shape index (κ2) is 7.05. The molecule has 27 heavy (non-hydrogen) atoms. The summed E-state index contributed by atoms with van der Waals surface area (Å²) in [7, 11) is 0. The van der Waals surface area contributed by atoms with Gasteiger partial charge in [0.1, 0.15) is 0 Å². The Balaban J connectivity index is 1.63. The van der Waals surface area contributed by atoms with Crippen LogP contribution in [0, 0.1) is 6.92 Å². The number of amides is 1. The minimum Gasteiger partial charge on any atom is -0.384 e. The Morgan fingerprint density at radius 2 is 1.85 bits per heavy atom. The van der Waals surface area contributed by atoms with Gasteiger partial charge in [0.2, 0.25) is 0 Å². The van der Waals surface area contributed by atoms with Gasteiger partial charge in [-0.15, -0.1) is 0 Å². The van der Waals surface area contributed by atoms with Crippen molar-refractivity contribution in [3.05, 3.63) is 77.4 Å². The first-order valence-corrected chi connectivity index (χ1v) is 9.48. The fourth-order valence-electron chi connectivity index (χ4n) is 3.71. The third kappa shape index (κ3) is 3.40. The van der Waals surface area contributed by atoms with Gasteiger partial charge in [0.05, 0.1) is 5.54 Å². The molecule has 4 N–H and O–H groups in total. The lowest BCUT2D eigenvalue weighted by molar-refractivity contribution is 0.0930. The molecule has 3 aromatic carbocycles. The highest BCUT2D eigenvalue weighted by atomic mass is 16.1. The van der Waals surface area contributed by atoms with Crippen molar-refractivity contribution in [2.24, 2.45) is 5.73 Å². The van der Waals surface area contributed by atoms with Gasteiger partial charge < -0.3 is 16.4 Å². The SMILES string of the molecule is Cc1ccc(NCCN)cc1C(=O)NC1(c2cccc3ccccc23)CC1. The normalized spacial score (nSPS) is 14.7. The lowest BCUT2D eigenvalue weighted by Gasteiger charge is -2.21. The summed E-state index contributed by atoms with van der Waals surface area (Å²) < 4.78 is 0. The van der Waals surface area contributed by atoms with Crippen LogP contribution in [0.2, 0.25) is 0 Å². The molecule has 0 aliphatic heterocycles. The molecule has 1 aliphatic rings. The summed E-state index contributed by atoms with van der Waals surface area (Å²) in [4.78, 5) is 13.1. The van der Waals surface area contributed by atoms with E-state index >= 15 is 0 Å². The number of benzene rings is 3. The van der Waals surface area contributed by atoms with Gasteiger partial charge >= 0.3 is 0 Å². The second-order valence-electron chi connectivity index (χ2n) is 7.31. The molecule has 0 unspecified atom stereocenters. The maximum Gasteiger partial charge on any atom is 0.252 e. The number of anilines is 1. The molecule has 0 bridgehead atoms. The number of carbonyl (C=O) groups is 1. The van der Waals surface area contributed by atoms with Crippen molar-refractivity contribution in [1.29, 1.82) is 0 Å². The predicted octanol–water partition coefficient (Wildman–Crippen LogP) is 3.94. The van der Waals surface area contributed by atoms with Crippen LogP contribution in [-0.2, 0) is 5.54 Å². The fourth-order valence-corrected chi connectivity index (χ4v) is 3.71. The lowest BCUT2D eigenvalue weighted by Crippen LogP contribution is -2.35. The molecule has 1 saturated carbocycles. The number of fused-ring (bicyclic) bond motifs is 1. The lowest BCUT2D eigenvalue weighted by atomic mass is 9.96. The van der Waals surface area contributed by atoms with Crippen LogP contribution in [0.4, 0.5) is 5.69 Å². The number of nitrogens with one attached hydrogen (secondary N) is 2. The van der Waals surface area contributed by atoms with Crippen LogP contribution in [0.15, 0.2) is 60.7 Å². The van der Waals surface area contributed by atoms with E-state index in [-0.39, 0.29) is 11.4 Å². The van der Waals surface area contributed by atoms with Gasteiger partial charge in [0.25, 0.3) is 5.91 Å². The third-order valence-corrected chi connectivity index (χ3v) is 5.36. The highest BCUT2D eigenvalue weighted by Crippen LogP contribution is 2.48. The van der Waals surface area contributed by atoms with E-state index in [0.717, 1.165) is 24.1 Å². The maximum atomic E-state index is 13.1. The van der Waals surface area contributed by atoms with Crippen molar-refractivity contribution in [2.45, 2.75) is 25.3 Å². The standard InChI is InChI=1S/C23H25N3O/c1-16-9-10-18(25-14-13-24)15-20(16)22(27)26-23(11-12-23)21-8-4-6-17-5-2-3-7-19(17)21/h2-10,15,25H,11-14,24H2,1H3,(H,26,27). The van der Waals surface area contributed by atoms with E-state index < -0.39 is 0 Å². The molecule has 1 amide bonds. The summed E-state index contributed by atoms with van der Waals surface area (Å²) in [6.45, 7) is 3.21. The van der Waals surface area contributed by atoms with Crippen molar-refractivity contribution >= 4 is 22.4 Å². The molecule has 0 heterocycles. The summed E-state index contributed by atoms with van der Waals surface area (Å²) >= 11 is 0. The Morgan fingerprint density at radius 3 is 2.63 bits per heavy atom. The molecule has 3 aromatic rings. The van der Waals surface area contributed by atoms with E-state index in [1.165, 1.54) is 16.3 Å². The van der Waals surface area contributed by atoms with Gasteiger partial charge in [0, 0.05) is 24.3 Å². The molecule has 0 radical (unpaired) electrons. The van der Waals surface area contributed by atoms with Crippen LogP contribution in [0.25, 0.3) is 10.8 Å². The number of nitrogens with two attached hydrogens (primary N) is 1. The zero-order valence-electron chi connectivity index (χ0n) is 15.6. The Labute approximate surface area is 159 Å². The molecule has 0 saturated heterocycles. The van der Waals surface area contributed by atoms with Crippen molar-refractivity contribution < 1.29 is 4.79 Å². The minimum absolute atomic E-state index is 0.0191. The Bertz CT molecular complexity index is 987. The predicted molar refractivity (Wildman–Crippen MR) is 111 cm³/mol. The largest absolute Gasteiger partial charge is 0.384 e. The Kier molecular flexibility index (Phi) is 4.58. The molecular weight excluding hydrogens is 334 g/mol. The average Bonchev–Trinajstić information content (AvgIpc) is 3.47. The fraction of sp³-hybridized carbons (Fsp3) is 0.261. The number of rotatable bonds is 6. The van der Waals surface area contributed by atoms with Crippen LogP contribution in [0.3, 0.4) is 0 Å². The van der Waals surface area contributed by atoms with Crippen molar-refractivity contribution in [2.75, 3.05) is 18.4 Å². The molecule has 0 aromatic heterocycles. The van der Waals surface area contributed by atoms with Gasteiger partial charge in [0.15, 0.2) is 0 Å². The number of carbonyl (C=O) groups excluding carboxylic acids is 1. The molecule has 1 fully saturated rings. The minimum atomic E-state index is -0.259. The highest BCUT2D eigenvalue weighted by Gasteiger charge is 2.46. The van der Waals surface area contributed by atoms with E-state index in [1.54, 1.807) is 0 Å². The van der Waals surface area contributed by atoms with Gasteiger partial charge in [-0.25, -0.2) is 0 Å². The van der Waals surface area contributed by atoms with E-state index in [9.17, 15) is 4.79 Å². The average molecular weight is 359 g/mol. The van der Waals surface area contributed by atoms with Gasteiger partial charge in [-0.2, -0.15) is 0 Å². The van der Waals surface area contributed by atoms with E-state index in [4.69, 9.17) is 5.73 Å². The maximum absolute atomic E-state index is 13.1. The zero-order valence-corrected chi connectivity index (χ0v) is 15.6. The van der Waals surface area contributed by atoms with E-state index in [0.29, 0.717) is 18.7 Å². The monoisotopic (exact) mass is 359 g/mol.